The Kier molecular flexibility index (Phi) is 4.28. The van der Waals surface area contributed by atoms with Crippen LogP contribution in [0.2, 0.25) is 0 Å². The molecule has 0 aliphatic heterocycles. The summed E-state index contributed by atoms with van der Waals surface area (Å²) in [6.07, 6.45) is 3.48. The minimum Gasteiger partial charge on any atom is -0.177 e. The highest BCUT2D eigenvalue weighted by molar-refractivity contribution is 5.82. The van der Waals surface area contributed by atoms with Crippen molar-refractivity contribution in [2.45, 2.75) is 33.1 Å². The van der Waals surface area contributed by atoms with Gasteiger partial charge in [-0.05, 0) is 41.7 Å². The van der Waals surface area contributed by atoms with E-state index in [1.807, 2.05) is 12.1 Å². The van der Waals surface area contributed by atoms with Crippen molar-refractivity contribution >= 4 is 0 Å². The lowest BCUT2D eigenvalue weighted by Gasteiger charge is -2.13. The van der Waals surface area contributed by atoms with Crippen molar-refractivity contribution in [3.8, 4) is 22.5 Å². The Morgan fingerprint density at radius 2 is 1.82 bits per heavy atom. The summed E-state index contributed by atoms with van der Waals surface area (Å²) in [5.74, 6) is 0.637. The quantitative estimate of drug-likeness (QED) is 0.767. The number of unbranched alkanes of at least 4 members (excludes halogenated alkanes) is 1. The zero-order valence-electron chi connectivity index (χ0n) is 13.0. The van der Waals surface area contributed by atoms with Gasteiger partial charge in [0.05, 0.1) is 0 Å². The van der Waals surface area contributed by atoms with Crippen LogP contribution >= 0.6 is 0 Å². The van der Waals surface area contributed by atoms with E-state index in [2.05, 4.69) is 64.8 Å². The van der Waals surface area contributed by atoms with E-state index in [4.69, 9.17) is 0 Å². The molecule has 0 fully saturated rings. The van der Waals surface area contributed by atoms with Gasteiger partial charge in [0.15, 0.2) is 0 Å². The zero-order chi connectivity index (χ0) is 15.4. The third kappa shape index (κ3) is 2.91. The van der Waals surface area contributed by atoms with Crippen molar-refractivity contribution in [1.29, 1.82) is 0 Å². The van der Waals surface area contributed by atoms with Gasteiger partial charge < -0.3 is 0 Å². The molecule has 1 N–H and O–H groups in total. The van der Waals surface area contributed by atoms with Crippen LogP contribution in [0.15, 0.2) is 42.5 Å². The predicted molar refractivity (Wildman–Crippen MR) is 88.4 cm³/mol. The van der Waals surface area contributed by atoms with Gasteiger partial charge >= 0.3 is 0 Å². The maximum Gasteiger partial charge on any atom is 0.205 e. The highest BCUT2D eigenvalue weighted by atomic mass is 15.5. The molecule has 0 aliphatic carbocycles. The molecule has 4 nitrogen and oxygen atoms in total. The maximum absolute atomic E-state index is 4.13. The number of hydrogen-bond donors (Lipinski definition) is 1. The van der Waals surface area contributed by atoms with Crippen molar-refractivity contribution in [2.75, 3.05) is 0 Å². The van der Waals surface area contributed by atoms with Gasteiger partial charge in [0.1, 0.15) is 0 Å². The molecule has 1 aromatic heterocycles. The Bertz CT molecular complexity index is 748. The Labute approximate surface area is 130 Å². The number of benzene rings is 2. The average molecular weight is 292 g/mol. The molecule has 4 heteroatoms. The van der Waals surface area contributed by atoms with Gasteiger partial charge in [-0.15, -0.1) is 10.2 Å². The Hall–Kier alpha value is -2.49. The average Bonchev–Trinajstić information content (AvgIpc) is 3.07. The lowest BCUT2D eigenvalue weighted by atomic mass is 9.91. The molecule has 3 rings (SSSR count). The summed E-state index contributed by atoms with van der Waals surface area (Å²) >= 11 is 0. The van der Waals surface area contributed by atoms with Crippen LogP contribution in [0.5, 0.6) is 0 Å². The Morgan fingerprint density at radius 1 is 1.00 bits per heavy atom. The summed E-state index contributed by atoms with van der Waals surface area (Å²) in [5.41, 5.74) is 6.12. The molecule has 0 unspecified atom stereocenters. The van der Waals surface area contributed by atoms with Crippen LogP contribution < -0.4 is 0 Å². The molecule has 22 heavy (non-hydrogen) atoms. The first kappa shape index (κ1) is 14.4. The number of aromatic nitrogens is 4. The highest BCUT2D eigenvalue weighted by Crippen LogP contribution is 2.33. The predicted octanol–water partition coefficient (Wildman–Crippen LogP) is 4.18. The van der Waals surface area contributed by atoms with Crippen LogP contribution in [0.4, 0.5) is 0 Å². The normalized spacial score (nSPS) is 10.8. The van der Waals surface area contributed by atoms with E-state index in [0.29, 0.717) is 5.82 Å². The molecule has 0 atom stereocenters. The maximum atomic E-state index is 4.13. The van der Waals surface area contributed by atoms with Crippen LogP contribution in [-0.2, 0) is 6.42 Å². The molecule has 3 aromatic rings. The second-order valence-corrected chi connectivity index (χ2v) is 5.55. The van der Waals surface area contributed by atoms with Crippen molar-refractivity contribution in [1.82, 2.24) is 20.6 Å². The van der Waals surface area contributed by atoms with E-state index in [-0.39, 0.29) is 0 Å². The molecule has 0 aliphatic rings. The highest BCUT2D eigenvalue weighted by Gasteiger charge is 2.13. The molecule has 0 saturated heterocycles. The van der Waals surface area contributed by atoms with Gasteiger partial charge in [0.2, 0.25) is 5.82 Å². The van der Waals surface area contributed by atoms with Crippen LogP contribution in [-0.4, -0.2) is 20.6 Å². The first-order chi connectivity index (χ1) is 10.8. The third-order valence-corrected chi connectivity index (χ3v) is 3.86. The lowest BCUT2D eigenvalue weighted by Crippen LogP contribution is -1.94. The summed E-state index contributed by atoms with van der Waals surface area (Å²) in [4.78, 5) is 0. The topological polar surface area (TPSA) is 54.5 Å². The number of nitrogens with zero attached hydrogens (tertiary/aromatic N) is 3. The number of nitrogens with one attached hydrogen (secondary N) is 1. The van der Waals surface area contributed by atoms with Crippen molar-refractivity contribution in [3.63, 3.8) is 0 Å². The van der Waals surface area contributed by atoms with Gasteiger partial charge in [0.25, 0.3) is 0 Å². The van der Waals surface area contributed by atoms with Gasteiger partial charge in [-0.1, -0.05) is 61.4 Å². The molecule has 0 radical (unpaired) electrons. The van der Waals surface area contributed by atoms with E-state index >= 15 is 0 Å². The van der Waals surface area contributed by atoms with E-state index < -0.39 is 0 Å². The Balaban J connectivity index is 2.12. The number of tetrazole rings is 1. The van der Waals surface area contributed by atoms with Crippen LogP contribution in [0.25, 0.3) is 22.5 Å². The molecule has 112 valence electrons. The molecule has 2 aromatic carbocycles. The molecular formula is C18H20N4. The summed E-state index contributed by atoms with van der Waals surface area (Å²) in [6, 6.07) is 14.9. The third-order valence-electron chi connectivity index (χ3n) is 3.86. The monoisotopic (exact) mass is 292 g/mol. The van der Waals surface area contributed by atoms with Gasteiger partial charge in [-0.2, -0.15) is 5.21 Å². The minimum absolute atomic E-state index is 0.637. The zero-order valence-corrected chi connectivity index (χ0v) is 13.0. The number of rotatable bonds is 5. The largest absolute Gasteiger partial charge is 0.205 e. The summed E-state index contributed by atoms with van der Waals surface area (Å²) < 4.78 is 0. The number of hydrogen-bond acceptors (Lipinski definition) is 3. The van der Waals surface area contributed by atoms with Crippen LogP contribution in [0, 0.1) is 6.92 Å². The van der Waals surface area contributed by atoms with Gasteiger partial charge in [-0.25, -0.2) is 0 Å². The van der Waals surface area contributed by atoms with Gasteiger partial charge in [0, 0.05) is 5.56 Å². The lowest BCUT2D eigenvalue weighted by molar-refractivity contribution is 0.795. The fourth-order valence-corrected chi connectivity index (χ4v) is 2.75. The standard InChI is InChI=1S/C18H20N4/c1-3-4-7-14-12-13(2)10-11-15(14)16-8-5-6-9-17(16)18-19-21-22-20-18/h5-6,8-12H,3-4,7H2,1-2H3,(H,19,20,21,22). The molecule has 0 bridgehead atoms. The second kappa shape index (κ2) is 6.52. The molecule has 0 amide bonds. The Morgan fingerprint density at radius 3 is 2.55 bits per heavy atom. The van der Waals surface area contributed by atoms with Crippen LogP contribution in [0.3, 0.4) is 0 Å². The van der Waals surface area contributed by atoms with Gasteiger partial charge in [-0.3, -0.25) is 0 Å². The van der Waals surface area contributed by atoms with Crippen LogP contribution in [0.1, 0.15) is 30.9 Å². The van der Waals surface area contributed by atoms with E-state index in [1.165, 1.54) is 29.5 Å². The van der Waals surface area contributed by atoms with Crippen molar-refractivity contribution in [2.24, 2.45) is 0 Å². The van der Waals surface area contributed by atoms with E-state index in [1.54, 1.807) is 0 Å². The first-order valence-electron chi connectivity index (χ1n) is 7.72. The molecular weight excluding hydrogens is 272 g/mol. The second-order valence-electron chi connectivity index (χ2n) is 5.55. The number of aromatic amines is 1. The van der Waals surface area contributed by atoms with Crippen molar-refractivity contribution < 1.29 is 0 Å². The number of H-pyrrole nitrogens is 1. The summed E-state index contributed by atoms with van der Waals surface area (Å²) in [6.45, 7) is 4.37. The van der Waals surface area contributed by atoms with E-state index in [0.717, 1.165) is 17.5 Å². The fraction of sp³-hybridized carbons (Fsp3) is 0.278. The summed E-state index contributed by atoms with van der Waals surface area (Å²) in [5, 5.41) is 14.5. The minimum atomic E-state index is 0.637. The SMILES string of the molecule is CCCCc1cc(C)ccc1-c1ccccc1-c1nn[nH]n1. The number of aryl methyl sites for hydroxylation is 2. The van der Waals surface area contributed by atoms with Crippen molar-refractivity contribution in [3.05, 3.63) is 53.6 Å². The molecule has 0 saturated carbocycles. The molecule has 1 heterocycles. The molecule has 0 spiro atoms. The fourth-order valence-electron chi connectivity index (χ4n) is 2.75. The van der Waals surface area contributed by atoms with E-state index in [9.17, 15) is 0 Å². The summed E-state index contributed by atoms with van der Waals surface area (Å²) in [7, 11) is 0. The smallest absolute Gasteiger partial charge is 0.177 e. The first-order valence-corrected chi connectivity index (χ1v) is 7.72.